The Morgan fingerprint density at radius 1 is 1.56 bits per heavy atom. The van der Waals surface area contributed by atoms with Crippen molar-refractivity contribution in [3.05, 3.63) is 0 Å². The standard InChI is InChI=1S/C11H22N2O3/c1-11(2,3)16-10(15)12-13-6-4-9(8-13)5-7-14/h9,14H,4-8H2,1-3H3,(H,12,15). The molecule has 5 heteroatoms. The Labute approximate surface area is 96.7 Å². The Hall–Kier alpha value is -0.810. The van der Waals surface area contributed by atoms with Gasteiger partial charge in [-0.1, -0.05) is 0 Å². The molecule has 94 valence electrons. The van der Waals surface area contributed by atoms with E-state index in [9.17, 15) is 4.79 Å². The number of nitrogens with zero attached hydrogens (tertiary/aromatic N) is 1. The van der Waals surface area contributed by atoms with Crippen LogP contribution in [0.3, 0.4) is 0 Å². The molecule has 1 fully saturated rings. The van der Waals surface area contributed by atoms with Gasteiger partial charge in [0.15, 0.2) is 0 Å². The molecule has 1 unspecified atom stereocenters. The molecule has 1 aliphatic heterocycles. The first-order valence-corrected chi connectivity index (χ1v) is 5.76. The molecule has 1 rings (SSSR count). The summed E-state index contributed by atoms with van der Waals surface area (Å²) in [4.78, 5) is 11.5. The molecule has 1 atom stereocenters. The van der Waals surface area contributed by atoms with Gasteiger partial charge in [-0.3, -0.25) is 5.43 Å². The summed E-state index contributed by atoms with van der Waals surface area (Å²) in [6.07, 6.45) is 1.40. The Kier molecular flexibility index (Phi) is 4.56. The first kappa shape index (κ1) is 13.3. The second-order valence-corrected chi connectivity index (χ2v) is 5.23. The van der Waals surface area contributed by atoms with E-state index in [4.69, 9.17) is 9.84 Å². The van der Waals surface area contributed by atoms with Crippen LogP contribution in [0.1, 0.15) is 33.6 Å². The lowest BCUT2D eigenvalue weighted by molar-refractivity contribution is 0.0359. The number of rotatable bonds is 3. The van der Waals surface area contributed by atoms with Crippen molar-refractivity contribution in [1.82, 2.24) is 10.4 Å². The third-order valence-corrected chi connectivity index (χ3v) is 2.47. The Bertz CT molecular complexity index is 238. The van der Waals surface area contributed by atoms with E-state index in [1.807, 2.05) is 25.8 Å². The Morgan fingerprint density at radius 2 is 2.25 bits per heavy atom. The van der Waals surface area contributed by atoms with Crippen molar-refractivity contribution in [2.24, 2.45) is 5.92 Å². The highest BCUT2D eigenvalue weighted by molar-refractivity contribution is 5.67. The van der Waals surface area contributed by atoms with Crippen LogP contribution in [0.2, 0.25) is 0 Å². The van der Waals surface area contributed by atoms with Gasteiger partial charge in [-0.15, -0.1) is 0 Å². The molecule has 0 radical (unpaired) electrons. The summed E-state index contributed by atoms with van der Waals surface area (Å²) in [6, 6.07) is 0. The van der Waals surface area contributed by atoms with Crippen molar-refractivity contribution >= 4 is 6.09 Å². The van der Waals surface area contributed by atoms with Crippen LogP contribution in [-0.2, 0) is 4.74 Å². The minimum absolute atomic E-state index is 0.213. The molecular formula is C11H22N2O3. The zero-order chi connectivity index (χ0) is 12.2. The summed E-state index contributed by atoms with van der Waals surface area (Å²) in [5, 5.41) is 10.7. The van der Waals surface area contributed by atoms with Crippen LogP contribution in [0.15, 0.2) is 0 Å². The average Bonchev–Trinajstić information content (AvgIpc) is 2.49. The Morgan fingerprint density at radius 3 is 2.81 bits per heavy atom. The fraction of sp³-hybridized carbons (Fsp3) is 0.909. The van der Waals surface area contributed by atoms with Crippen molar-refractivity contribution in [3.8, 4) is 0 Å². The topological polar surface area (TPSA) is 61.8 Å². The third kappa shape index (κ3) is 4.81. The molecule has 0 aromatic carbocycles. The van der Waals surface area contributed by atoms with Gasteiger partial charge in [-0.25, -0.2) is 9.80 Å². The number of hydrazine groups is 1. The van der Waals surface area contributed by atoms with E-state index in [0.29, 0.717) is 5.92 Å². The molecule has 0 saturated carbocycles. The number of carbonyl (C=O) groups is 1. The van der Waals surface area contributed by atoms with Gasteiger partial charge in [0.1, 0.15) is 5.60 Å². The minimum Gasteiger partial charge on any atom is -0.443 e. The number of amides is 1. The van der Waals surface area contributed by atoms with Crippen LogP contribution in [0, 0.1) is 5.92 Å². The molecule has 1 heterocycles. The maximum Gasteiger partial charge on any atom is 0.422 e. The van der Waals surface area contributed by atoms with E-state index in [-0.39, 0.29) is 6.61 Å². The van der Waals surface area contributed by atoms with Gasteiger partial charge >= 0.3 is 6.09 Å². The molecule has 1 amide bonds. The van der Waals surface area contributed by atoms with Gasteiger partial charge in [0.2, 0.25) is 0 Å². The quantitative estimate of drug-likeness (QED) is 0.763. The second kappa shape index (κ2) is 5.50. The third-order valence-electron chi connectivity index (χ3n) is 2.47. The number of hydrogen-bond acceptors (Lipinski definition) is 4. The zero-order valence-corrected chi connectivity index (χ0v) is 10.3. The van der Waals surface area contributed by atoms with Crippen LogP contribution < -0.4 is 5.43 Å². The highest BCUT2D eigenvalue weighted by atomic mass is 16.6. The van der Waals surface area contributed by atoms with Crippen LogP contribution >= 0.6 is 0 Å². The second-order valence-electron chi connectivity index (χ2n) is 5.23. The highest BCUT2D eigenvalue weighted by Crippen LogP contribution is 2.17. The van der Waals surface area contributed by atoms with Crippen LogP contribution in [0.5, 0.6) is 0 Å². The van der Waals surface area contributed by atoms with Gasteiger partial charge in [-0.2, -0.15) is 0 Å². The Balaban J connectivity index is 2.26. The molecule has 0 bridgehead atoms. The molecule has 16 heavy (non-hydrogen) atoms. The highest BCUT2D eigenvalue weighted by Gasteiger charge is 2.25. The van der Waals surface area contributed by atoms with Crippen LogP contribution in [-0.4, -0.2) is 41.5 Å². The minimum atomic E-state index is -0.464. The van der Waals surface area contributed by atoms with Gasteiger partial charge in [-0.05, 0) is 39.5 Å². The maximum absolute atomic E-state index is 11.5. The van der Waals surface area contributed by atoms with Crippen molar-refractivity contribution in [2.75, 3.05) is 19.7 Å². The van der Waals surface area contributed by atoms with E-state index < -0.39 is 11.7 Å². The lowest BCUT2D eigenvalue weighted by Gasteiger charge is -2.23. The molecule has 1 saturated heterocycles. The first-order chi connectivity index (χ1) is 7.40. The number of carbonyl (C=O) groups excluding carboxylic acids is 1. The molecule has 0 aromatic rings. The predicted molar refractivity (Wildman–Crippen MR) is 60.8 cm³/mol. The predicted octanol–water partition coefficient (Wildman–Crippen LogP) is 1.13. The monoisotopic (exact) mass is 230 g/mol. The van der Waals surface area contributed by atoms with E-state index in [1.54, 1.807) is 0 Å². The molecule has 0 aliphatic carbocycles. The van der Waals surface area contributed by atoms with E-state index in [1.165, 1.54) is 0 Å². The normalized spacial score (nSPS) is 22.1. The van der Waals surface area contributed by atoms with Crippen molar-refractivity contribution < 1.29 is 14.6 Å². The fourth-order valence-corrected chi connectivity index (χ4v) is 1.78. The fourth-order valence-electron chi connectivity index (χ4n) is 1.78. The van der Waals surface area contributed by atoms with Gasteiger partial charge in [0, 0.05) is 19.7 Å². The number of hydrogen-bond donors (Lipinski definition) is 2. The zero-order valence-electron chi connectivity index (χ0n) is 10.3. The van der Waals surface area contributed by atoms with Crippen LogP contribution in [0.25, 0.3) is 0 Å². The van der Waals surface area contributed by atoms with Crippen molar-refractivity contribution in [3.63, 3.8) is 0 Å². The summed E-state index contributed by atoms with van der Waals surface area (Å²) < 4.78 is 5.15. The maximum atomic E-state index is 11.5. The number of ether oxygens (including phenoxy) is 1. The smallest absolute Gasteiger partial charge is 0.422 e. The largest absolute Gasteiger partial charge is 0.443 e. The van der Waals surface area contributed by atoms with Crippen molar-refractivity contribution in [2.45, 2.75) is 39.2 Å². The number of aliphatic hydroxyl groups is 1. The van der Waals surface area contributed by atoms with Gasteiger partial charge in [0.25, 0.3) is 0 Å². The molecule has 5 nitrogen and oxygen atoms in total. The summed E-state index contributed by atoms with van der Waals surface area (Å²) >= 11 is 0. The summed E-state index contributed by atoms with van der Waals surface area (Å²) in [5.74, 6) is 0.472. The summed E-state index contributed by atoms with van der Waals surface area (Å²) in [5.41, 5.74) is 2.25. The lowest BCUT2D eigenvalue weighted by atomic mass is 10.1. The van der Waals surface area contributed by atoms with Gasteiger partial charge in [0.05, 0.1) is 0 Å². The van der Waals surface area contributed by atoms with E-state index in [2.05, 4.69) is 5.43 Å². The number of aliphatic hydroxyl groups excluding tert-OH is 1. The molecule has 0 spiro atoms. The number of nitrogens with one attached hydrogen (secondary N) is 1. The SMILES string of the molecule is CC(C)(C)OC(=O)NN1CCC(CCO)C1. The lowest BCUT2D eigenvalue weighted by Crippen LogP contribution is -2.43. The van der Waals surface area contributed by atoms with Crippen LogP contribution in [0.4, 0.5) is 4.79 Å². The summed E-state index contributed by atoms with van der Waals surface area (Å²) in [6.45, 7) is 7.34. The molecule has 0 aromatic heterocycles. The van der Waals surface area contributed by atoms with Crippen molar-refractivity contribution in [1.29, 1.82) is 0 Å². The average molecular weight is 230 g/mol. The van der Waals surface area contributed by atoms with E-state index >= 15 is 0 Å². The van der Waals surface area contributed by atoms with E-state index in [0.717, 1.165) is 25.9 Å². The molecule has 2 N–H and O–H groups in total. The molecular weight excluding hydrogens is 208 g/mol. The first-order valence-electron chi connectivity index (χ1n) is 5.76. The van der Waals surface area contributed by atoms with Gasteiger partial charge < -0.3 is 9.84 Å². The summed E-state index contributed by atoms with van der Waals surface area (Å²) in [7, 11) is 0. The molecule has 1 aliphatic rings.